The molecule has 0 saturated carbocycles. The van der Waals surface area contributed by atoms with E-state index in [-0.39, 0.29) is 5.57 Å². The molecule has 134 valence electrons. The van der Waals surface area contributed by atoms with E-state index in [4.69, 9.17) is 5.26 Å². The van der Waals surface area contributed by atoms with Gasteiger partial charge in [-0.25, -0.2) is 0 Å². The van der Waals surface area contributed by atoms with Gasteiger partial charge in [-0.15, -0.1) is 0 Å². The summed E-state index contributed by atoms with van der Waals surface area (Å²) < 4.78 is 38.9. The standard InChI is InChI=1S/C19H16F3N3O/c1-12-7-8-15(9-13(12)2)24-11-14(10-23)18(26)25-17-6-4-3-5-16(17)19(20,21)22/h3-9,11,24H,1-2H3,(H,25,26)/b14-11-. The Hall–Kier alpha value is -3.27. The van der Waals surface area contributed by atoms with E-state index >= 15 is 0 Å². The normalized spacial score (nSPS) is 11.6. The molecule has 26 heavy (non-hydrogen) atoms. The van der Waals surface area contributed by atoms with E-state index in [1.54, 1.807) is 12.1 Å². The highest BCUT2D eigenvalue weighted by atomic mass is 19.4. The fourth-order valence-corrected chi connectivity index (χ4v) is 2.16. The highest BCUT2D eigenvalue weighted by Crippen LogP contribution is 2.34. The predicted octanol–water partition coefficient (Wildman–Crippen LogP) is 4.78. The molecule has 0 aliphatic carbocycles. The van der Waals surface area contributed by atoms with Gasteiger partial charge in [0.05, 0.1) is 11.3 Å². The first kappa shape index (κ1) is 19.1. The zero-order chi connectivity index (χ0) is 19.3. The highest BCUT2D eigenvalue weighted by Gasteiger charge is 2.33. The number of hydrogen-bond acceptors (Lipinski definition) is 3. The van der Waals surface area contributed by atoms with Gasteiger partial charge in [0.25, 0.3) is 5.91 Å². The summed E-state index contributed by atoms with van der Waals surface area (Å²) in [5.74, 6) is -0.930. The molecule has 0 aliphatic rings. The smallest absolute Gasteiger partial charge is 0.360 e. The molecule has 0 unspecified atom stereocenters. The number of amides is 1. The molecule has 0 bridgehead atoms. The largest absolute Gasteiger partial charge is 0.418 e. The number of benzene rings is 2. The molecule has 0 radical (unpaired) electrons. The third-order valence-electron chi connectivity index (χ3n) is 3.74. The van der Waals surface area contributed by atoms with E-state index in [1.807, 2.05) is 26.0 Å². The summed E-state index contributed by atoms with van der Waals surface area (Å²) in [6, 6.07) is 11.7. The Balaban J connectivity index is 2.19. The first-order valence-electron chi connectivity index (χ1n) is 7.64. The molecule has 0 aliphatic heterocycles. The van der Waals surface area contributed by atoms with Crippen LogP contribution < -0.4 is 10.6 Å². The molecule has 1 amide bonds. The quantitative estimate of drug-likeness (QED) is 0.610. The summed E-state index contributed by atoms with van der Waals surface area (Å²) in [7, 11) is 0. The molecule has 2 N–H and O–H groups in total. The molecule has 0 spiro atoms. The van der Waals surface area contributed by atoms with Gasteiger partial charge in [-0.2, -0.15) is 18.4 Å². The minimum absolute atomic E-state index is 0.347. The second-order valence-corrected chi connectivity index (χ2v) is 5.61. The van der Waals surface area contributed by atoms with Crippen molar-refractivity contribution in [3.63, 3.8) is 0 Å². The summed E-state index contributed by atoms with van der Waals surface area (Å²) in [6.45, 7) is 3.86. The minimum atomic E-state index is -4.61. The van der Waals surface area contributed by atoms with Crippen molar-refractivity contribution in [2.24, 2.45) is 0 Å². The van der Waals surface area contributed by atoms with E-state index in [2.05, 4.69) is 10.6 Å². The van der Waals surface area contributed by atoms with Crippen LogP contribution in [-0.4, -0.2) is 5.91 Å². The van der Waals surface area contributed by atoms with Crippen LogP contribution >= 0.6 is 0 Å². The first-order valence-corrected chi connectivity index (χ1v) is 7.64. The summed E-state index contributed by atoms with van der Waals surface area (Å²) in [5.41, 5.74) is 1.03. The lowest BCUT2D eigenvalue weighted by atomic mass is 10.1. The van der Waals surface area contributed by atoms with E-state index in [1.165, 1.54) is 12.1 Å². The van der Waals surface area contributed by atoms with E-state index in [0.29, 0.717) is 5.69 Å². The minimum Gasteiger partial charge on any atom is -0.360 e. The van der Waals surface area contributed by atoms with Crippen LogP contribution in [0.2, 0.25) is 0 Å². The molecule has 2 rings (SSSR count). The fourth-order valence-electron chi connectivity index (χ4n) is 2.16. The van der Waals surface area contributed by atoms with Crippen LogP contribution in [0.25, 0.3) is 0 Å². The van der Waals surface area contributed by atoms with Gasteiger partial charge in [0.2, 0.25) is 0 Å². The Labute approximate surface area is 149 Å². The third-order valence-corrected chi connectivity index (χ3v) is 3.74. The van der Waals surface area contributed by atoms with Crippen molar-refractivity contribution in [2.75, 3.05) is 10.6 Å². The Bertz CT molecular complexity index is 896. The number of alkyl halides is 3. The SMILES string of the molecule is Cc1ccc(N/C=C(/C#N)C(=O)Nc2ccccc2C(F)(F)F)cc1C. The molecule has 7 heteroatoms. The Kier molecular flexibility index (Phi) is 5.68. The second kappa shape index (κ2) is 7.74. The van der Waals surface area contributed by atoms with Gasteiger partial charge < -0.3 is 10.6 Å². The maximum atomic E-state index is 13.0. The lowest BCUT2D eigenvalue weighted by Crippen LogP contribution is -2.18. The Morgan fingerprint density at radius 2 is 1.81 bits per heavy atom. The van der Waals surface area contributed by atoms with Crippen molar-refractivity contribution in [1.82, 2.24) is 0 Å². The topological polar surface area (TPSA) is 64.9 Å². The molecular formula is C19H16F3N3O. The molecule has 0 heterocycles. The maximum Gasteiger partial charge on any atom is 0.418 e. The summed E-state index contributed by atoms with van der Waals surface area (Å²) in [4.78, 5) is 12.2. The van der Waals surface area contributed by atoms with Crippen LogP contribution in [0.5, 0.6) is 0 Å². The molecule has 0 atom stereocenters. The average molecular weight is 359 g/mol. The zero-order valence-corrected chi connectivity index (χ0v) is 14.1. The number of aryl methyl sites for hydroxylation is 2. The number of carbonyl (C=O) groups is 1. The van der Waals surface area contributed by atoms with E-state index < -0.39 is 23.3 Å². The number of nitrogens with zero attached hydrogens (tertiary/aromatic N) is 1. The van der Waals surface area contributed by atoms with Gasteiger partial charge in [-0.1, -0.05) is 18.2 Å². The van der Waals surface area contributed by atoms with Gasteiger partial charge >= 0.3 is 6.18 Å². The molecule has 4 nitrogen and oxygen atoms in total. The van der Waals surface area contributed by atoms with Crippen LogP contribution in [-0.2, 0) is 11.0 Å². The molecular weight excluding hydrogens is 343 g/mol. The number of anilines is 2. The predicted molar refractivity (Wildman–Crippen MR) is 93.3 cm³/mol. The monoisotopic (exact) mass is 359 g/mol. The maximum absolute atomic E-state index is 13.0. The van der Waals surface area contributed by atoms with Crippen molar-refractivity contribution in [3.8, 4) is 6.07 Å². The number of carbonyl (C=O) groups excluding carboxylic acids is 1. The van der Waals surface area contributed by atoms with Crippen molar-refractivity contribution in [3.05, 3.63) is 70.9 Å². The van der Waals surface area contributed by atoms with Crippen LogP contribution in [0.1, 0.15) is 16.7 Å². The number of para-hydroxylation sites is 1. The molecule has 2 aromatic rings. The lowest BCUT2D eigenvalue weighted by Gasteiger charge is -2.13. The van der Waals surface area contributed by atoms with Crippen molar-refractivity contribution < 1.29 is 18.0 Å². The van der Waals surface area contributed by atoms with Crippen molar-refractivity contribution >= 4 is 17.3 Å². The van der Waals surface area contributed by atoms with Crippen LogP contribution in [0.15, 0.2) is 54.2 Å². The first-order chi connectivity index (χ1) is 12.2. The molecule has 0 fully saturated rings. The molecule has 0 aromatic heterocycles. The van der Waals surface area contributed by atoms with E-state index in [0.717, 1.165) is 29.5 Å². The van der Waals surface area contributed by atoms with Gasteiger partial charge in [-0.3, -0.25) is 4.79 Å². The third kappa shape index (κ3) is 4.63. The number of nitriles is 1. The number of halogens is 3. The lowest BCUT2D eigenvalue weighted by molar-refractivity contribution is -0.137. The molecule has 0 saturated heterocycles. The van der Waals surface area contributed by atoms with E-state index in [9.17, 15) is 18.0 Å². The Morgan fingerprint density at radius 1 is 1.12 bits per heavy atom. The summed E-state index contributed by atoms with van der Waals surface area (Å²) in [6.07, 6.45) is -3.45. The summed E-state index contributed by atoms with van der Waals surface area (Å²) >= 11 is 0. The number of rotatable bonds is 4. The summed E-state index contributed by atoms with van der Waals surface area (Å²) in [5, 5.41) is 14.1. The van der Waals surface area contributed by atoms with Crippen molar-refractivity contribution in [1.29, 1.82) is 5.26 Å². The molecule has 2 aromatic carbocycles. The van der Waals surface area contributed by atoms with Crippen LogP contribution in [0.3, 0.4) is 0 Å². The van der Waals surface area contributed by atoms with Gasteiger partial charge in [-0.05, 0) is 49.2 Å². The fraction of sp³-hybridized carbons (Fsp3) is 0.158. The average Bonchev–Trinajstić information content (AvgIpc) is 2.58. The number of nitrogens with one attached hydrogen (secondary N) is 2. The van der Waals surface area contributed by atoms with Crippen LogP contribution in [0.4, 0.5) is 24.5 Å². The Morgan fingerprint density at radius 3 is 2.42 bits per heavy atom. The number of hydrogen-bond donors (Lipinski definition) is 2. The van der Waals surface area contributed by atoms with Gasteiger partial charge in [0, 0.05) is 11.9 Å². The second-order valence-electron chi connectivity index (χ2n) is 5.61. The zero-order valence-electron chi connectivity index (χ0n) is 14.1. The highest BCUT2D eigenvalue weighted by molar-refractivity contribution is 6.07. The van der Waals surface area contributed by atoms with Crippen molar-refractivity contribution in [2.45, 2.75) is 20.0 Å². The van der Waals surface area contributed by atoms with Gasteiger partial charge in [0.1, 0.15) is 11.6 Å². The van der Waals surface area contributed by atoms with Crippen LogP contribution in [0, 0.1) is 25.2 Å². The van der Waals surface area contributed by atoms with Gasteiger partial charge in [0.15, 0.2) is 0 Å².